The Morgan fingerprint density at radius 3 is 1.75 bits per heavy atom. The topological polar surface area (TPSA) is 32.9 Å². The van der Waals surface area contributed by atoms with Gasteiger partial charge in [-0.25, -0.2) is 0 Å². The SMILES string of the molecule is O=c1[nH]cccc1C(c1ccccc1)c1ccccc1. The number of aromatic nitrogens is 1. The maximum Gasteiger partial charge on any atom is 0.252 e. The van der Waals surface area contributed by atoms with Crippen LogP contribution in [0.5, 0.6) is 0 Å². The Kier molecular flexibility index (Phi) is 3.46. The predicted molar refractivity (Wildman–Crippen MR) is 80.9 cm³/mol. The van der Waals surface area contributed by atoms with Gasteiger partial charge in [-0.05, 0) is 17.2 Å². The lowest BCUT2D eigenvalue weighted by Gasteiger charge is -2.17. The van der Waals surface area contributed by atoms with E-state index in [4.69, 9.17) is 0 Å². The Morgan fingerprint density at radius 1 is 0.700 bits per heavy atom. The lowest BCUT2D eigenvalue weighted by molar-refractivity contribution is 0.942. The van der Waals surface area contributed by atoms with E-state index in [1.165, 1.54) is 0 Å². The van der Waals surface area contributed by atoms with Crippen LogP contribution >= 0.6 is 0 Å². The third kappa shape index (κ3) is 2.41. The molecule has 0 aliphatic carbocycles. The summed E-state index contributed by atoms with van der Waals surface area (Å²) in [6.45, 7) is 0. The largest absolute Gasteiger partial charge is 0.329 e. The third-order valence-electron chi connectivity index (χ3n) is 3.43. The molecule has 1 heterocycles. The molecule has 0 radical (unpaired) electrons. The first-order chi connectivity index (χ1) is 9.86. The Hall–Kier alpha value is -2.61. The predicted octanol–water partition coefficient (Wildman–Crippen LogP) is 3.56. The molecular formula is C18H15NO. The van der Waals surface area contributed by atoms with E-state index in [1.54, 1.807) is 6.20 Å². The molecule has 0 atom stereocenters. The van der Waals surface area contributed by atoms with Gasteiger partial charge in [-0.3, -0.25) is 4.79 Å². The summed E-state index contributed by atoms with van der Waals surface area (Å²) in [7, 11) is 0. The second-order valence-corrected chi connectivity index (χ2v) is 4.71. The van der Waals surface area contributed by atoms with E-state index in [0.29, 0.717) is 0 Å². The van der Waals surface area contributed by atoms with Crippen LogP contribution in [0.1, 0.15) is 22.6 Å². The monoisotopic (exact) mass is 261 g/mol. The first-order valence-electron chi connectivity index (χ1n) is 6.64. The smallest absolute Gasteiger partial charge is 0.252 e. The van der Waals surface area contributed by atoms with Crippen molar-refractivity contribution in [1.29, 1.82) is 0 Å². The number of aromatic amines is 1. The highest BCUT2D eigenvalue weighted by Crippen LogP contribution is 2.29. The number of pyridine rings is 1. The van der Waals surface area contributed by atoms with Crippen molar-refractivity contribution in [3.8, 4) is 0 Å². The molecule has 0 saturated carbocycles. The van der Waals surface area contributed by atoms with Crippen LogP contribution in [0.3, 0.4) is 0 Å². The number of hydrogen-bond acceptors (Lipinski definition) is 1. The number of nitrogens with one attached hydrogen (secondary N) is 1. The Labute approximate surface area is 117 Å². The molecule has 0 bridgehead atoms. The molecule has 2 nitrogen and oxygen atoms in total. The Balaban J connectivity index is 2.20. The summed E-state index contributed by atoms with van der Waals surface area (Å²) in [6, 6.07) is 24.0. The highest BCUT2D eigenvalue weighted by atomic mass is 16.1. The average molecular weight is 261 g/mol. The van der Waals surface area contributed by atoms with Gasteiger partial charge in [0.2, 0.25) is 0 Å². The molecule has 3 rings (SSSR count). The molecule has 0 aliphatic heterocycles. The van der Waals surface area contributed by atoms with Gasteiger partial charge in [0.25, 0.3) is 5.56 Å². The fourth-order valence-electron chi connectivity index (χ4n) is 2.50. The third-order valence-corrected chi connectivity index (χ3v) is 3.43. The van der Waals surface area contributed by atoms with E-state index in [9.17, 15) is 4.79 Å². The second kappa shape index (κ2) is 5.57. The van der Waals surface area contributed by atoms with Gasteiger partial charge in [0.15, 0.2) is 0 Å². The zero-order valence-electron chi connectivity index (χ0n) is 11.0. The minimum Gasteiger partial charge on any atom is -0.329 e. The fourth-order valence-corrected chi connectivity index (χ4v) is 2.50. The minimum atomic E-state index is -0.0395. The maximum absolute atomic E-state index is 12.2. The molecule has 1 N–H and O–H groups in total. The molecule has 2 heteroatoms. The number of hydrogen-bond donors (Lipinski definition) is 1. The van der Waals surface area contributed by atoms with Crippen molar-refractivity contribution >= 4 is 0 Å². The quantitative estimate of drug-likeness (QED) is 0.768. The van der Waals surface area contributed by atoms with Gasteiger partial charge >= 0.3 is 0 Å². The molecule has 98 valence electrons. The van der Waals surface area contributed by atoms with Crippen LogP contribution < -0.4 is 5.56 Å². The molecule has 0 amide bonds. The molecule has 0 aliphatic rings. The van der Waals surface area contributed by atoms with Crippen molar-refractivity contribution in [1.82, 2.24) is 4.98 Å². The molecule has 3 aromatic rings. The van der Waals surface area contributed by atoms with Crippen molar-refractivity contribution in [2.75, 3.05) is 0 Å². The van der Waals surface area contributed by atoms with Crippen LogP contribution in [-0.2, 0) is 0 Å². The van der Waals surface area contributed by atoms with E-state index in [1.807, 2.05) is 48.5 Å². The standard InChI is InChI=1S/C18H15NO/c20-18-16(12-7-13-19-18)17(14-8-3-1-4-9-14)15-10-5-2-6-11-15/h1-13,17H,(H,19,20). The average Bonchev–Trinajstić information content (AvgIpc) is 2.52. The summed E-state index contributed by atoms with van der Waals surface area (Å²) in [5.41, 5.74) is 2.97. The normalized spacial score (nSPS) is 10.7. The van der Waals surface area contributed by atoms with Gasteiger partial charge in [-0.2, -0.15) is 0 Å². The van der Waals surface area contributed by atoms with Crippen LogP contribution in [0.25, 0.3) is 0 Å². The fraction of sp³-hybridized carbons (Fsp3) is 0.0556. The molecule has 0 saturated heterocycles. The van der Waals surface area contributed by atoms with E-state index >= 15 is 0 Å². The molecule has 20 heavy (non-hydrogen) atoms. The van der Waals surface area contributed by atoms with Crippen molar-refractivity contribution < 1.29 is 0 Å². The van der Waals surface area contributed by atoms with E-state index in [-0.39, 0.29) is 11.5 Å². The molecule has 2 aromatic carbocycles. The van der Waals surface area contributed by atoms with Crippen LogP contribution in [0.15, 0.2) is 83.8 Å². The van der Waals surface area contributed by atoms with Crippen LogP contribution in [-0.4, -0.2) is 4.98 Å². The van der Waals surface area contributed by atoms with Gasteiger partial charge in [-0.15, -0.1) is 0 Å². The number of rotatable bonds is 3. The highest BCUT2D eigenvalue weighted by Gasteiger charge is 2.18. The first kappa shape index (κ1) is 12.4. The van der Waals surface area contributed by atoms with Crippen LogP contribution in [0, 0.1) is 0 Å². The van der Waals surface area contributed by atoms with Crippen LogP contribution in [0.4, 0.5) is 0 Å². The van der Waals surface area contributed by atoms with Gasteiger partial charge in [0.1, 0.15) is 0 Å². The molecule has 0 fully saturated rings. The summed E-state index contributed by atoms with van der Waals surface area (Å²) in [5.74, 6) is -0.0395. The lowest BCUT2D eigenvalue weighted by atomic mass is 9.86. The number of H-pyrrole nitrogens is 1. The van der Waals surface area contributed by atoms with Crippen molar-refractivity contribution in [3.63, 3.8) is 0 Å². The van der Waals surface area contributed by atoms with Gasteiger partial charge in [0, 0.05) is 17.7 Å². The lowest BCUT2D eigenvalue weighted by Crippen LogP contribution is -2.17. The molecule has 1 aromatic heterocycles. The van der Waals surface area contributed by atoms with Crippen LogP contribution in [0.2, 0.25) is 0 Å². The minimum absolute atomic E-state index is 0.0368. The second-order valence-electron chi connectivity index (χ2n) is 4.71. The van der Waals surface area contributed by atoms with E-state index in [0.717, 1.165) is 16.7 Å². The van der Waals surface area contributed by atoms with Gasteiger partial charge in [-0.1, -0.05) is 66.7 Å². The number of benzene rings is 2. The Morgan fingerprint density at radius 2 is 1.25 bits per heavy atom. The van der Waals surface area contributed by atoms with Crippen molar-refractivity contribution in [3.05, 3.63) is 106 Å². The Bertz CT molecular complexity index is 692. The van der Waals surface area contributed by atoms with Crippen molar-refractivity contribution in [2.24, 2.45) is 0 Å². The maximum atomic E-state index is 12.2. The zero-order chi connectivity index (χ0) is 13.8. The summed E-state index contributed by atoms with van der Waals surface area (Å²) in [6.07, 6.45) is 1.67. The first-order valence-corrected chi connectivity index (χ1v) is 6.64. The molecular weight excluding hydrogens is 246 g/mol. The summed E-state index contributed by atoms with van der Waals surface area (Å²) < 4.78 is 0. The van der Waals surface area contributed by atoms with Gasteiger partial charge < -0.3 is 4.98 Å². The van der Waals surface area contributed by atoms with E-state index < -0.39 is 0 Å². The van der Waals surface area contributed by atoms with Gasteiger partial charge in [0.05, 0.1) is 0 Å². The summed E-state index contributed by atoms with van der Waals surface area (Å²) >= 11 is 0. The zero-order valence-corrected chi connectivity index (χ0v) is 11.0. The summed E-state index contributed by atoms with van der Waals surface area (Å²) in [5, 5.41) is 0. The summed E-state index contributed by atoms with van der Waals surface area (Å²) in [4.78, 5) is 14.9. The molecule has 0 unspecified atom stereocenters. The molecule has 0 spiro atoms. The van der Waals surface area contributed by atoms with E-state index in [2.05, 4.69) is 29.2 Å². The van der Waals surface area contributed by atoms with Crippen molar-refractivity contribution in [2.45, 2.75) is 5.92 Å². The highest BCUT2D eigenvalue weighted by molar-refractivity contribution is 5.41.